The predicted octanol–water partition coefficient (Wildman–Crippen LogP) is 3.08. The third-order valence-corrected chi connectivity index (χ3v) is 2.11. The maximum absolute atomic E-state index is 5.83. The molecule has 3 N–H and O–H groups in total. The first-order valence-electron chi connectivity index (χ1n) is 6.78. The molecule has 0 fully saturated rings. The molecule has 0 bridgehead atoms. The first kappa shape index (κ1) is 19.9. The smallest absolute Gasteiger partial charge is 0.214 e. The molecule has 5 nitrogen and oxygen atoms in total. The van der Waals surface area contributed by atoms with Crippen LogP contribution in [-0.2, 0) is 6.54 Å². The van der Waals surface area contributed by atoms with E-state index >= 15 is 0 Å². The Morgan fingerprint density at radius 1 is 1.24 bits per heavy atom. The lowest BCUT2D eigenvalue weighted by Crippen LogP contribution is -2.45. The average molecular weight is 406 g/mol. The molecule has 0 amide bonds. The standard InChI is InChI=1S/C15H26N4O.HI/c1-14(2,3)19-13(16)17-10-11-8-7-9-12(18-11)20-15(4,5)6;/h7-9H,10H2,1-6H3,(H3,16,17,19);1H. The zero-order valence-corrected chi connectivity index (χ0v) is 16.1. The number of guanidine groups is 1. The minimum Gasteiger partial charge on any atom is -0.472 e. The van der Waals surface area contributed by atoms with Gasteiger partial charge in [-0.25, -0.2) is 9.98 Å². The van der Waals surface area contributed by atoms with Crippen LogP contribution in [0.15, 0.2) is 23.2 Å². The summed E-state index contributed by atoms with van der Waals surface area (Å²) in [4.78, 5) is 8.70. The second-order valence-electron chi connectivity index (χ2n) is 6.76. The van der Waals surface area contributed by atoms with E-state index in [1.165, 1.54) is 0 Å². The summed E-state index contributed by atoms with van der Waals surface area (Å²) in [5.74, 6) is 1.02. The Morgan fingerprint density at radius 2 is 1.86 bits per heavy atom. The lowest BCUT2D eigenvalue weighted by Gasteiger charge is -2.21. The van der Waals surface area contributed by atoms with Gasteiger partial charge < -0.3 is 15.8 Å². The number of hydrogen-bond donors (Lipinski definition) is 2. The van der Waals surface area contributed by atoms with Crippen molar-refractivity contribution in [3.63, 3.8) is 0 Å². The van der Waals surface area contributed by atoms with Gasteiger partial charge in [-0.05, 0) is 47.6 Å². The Labute approximate surface area is 144 Å². The fraction of sp³-hybridized carbons (Fsp3) is 0.600. The molecule has 0 unspecified atom stereocenters. The van der Waals surface area contributed by atoms with Gasteiger partial charge in [0.1, 0.15) is 5.60 Å². The Bertz CT molecular complexity index is 475. The van der Waals surface area contributed by atoms with E-state index in [4.69, 9.17) is 10.5 Å². The van der Waals surface area contributed by atoms with E-state index in [1.807, 2.05) is 59.7 Å². The maximum Gasteiger partial charge on any atom is 0.214 e. The van der Waals surface area contributed by atoms with Crippen molar-refractivity contribution >= 4 is 29.9 Å². The van der Waals surface area contributed by atoms with Gasteiger partial charge in [-0.3, -0.25) is 0 Å². The lowest BCUT2D eigenvalue weighted by atomic mass is 10.1. The zero-order valence-electron chi connectivity index (χ0n) is 13.7. The number of nitrogens with one attached hydrogen (secondary N) is 1. The van der Waals surface area contributed by atoms with Crippen LogP contribution >= 0.6 is 24.0 Å². The van der Waals surface area contributed by atoms with Gasteiger partial charge in [0.25, 0.3) is 0 Å². The van der Waals surface area contributed by atoms with Crippen LogP contribution in [0.5, 0.6) is 5.88 Å². The van der Waals surface area contributed by atoms with Gasteiger partial charge in [0.05, 0.1) is 12.2 Å². The first-order valence-corrected chi connectivity index (χ1v) is 6.78. The highest BCUT2D eigenvalue weighted by atomic mass is 127. The van der Waals surface area contributed by atoms with Gasteiger partial charge in [-0.1, -0.05) is 6.07 Å². The lowest BCUT2D eigenvalue weighted by molar-refractivity contribution is 0.124. The van der Waals surface area contributed by atoms with Crippen LogP contribution in [0.1, 0.15) is 47.2 Å². The van der Waals surface area contributed by atoms with E-state index in [0.29, 0.717) is 18.4 Å². The molecule has 0 aliphatic rings. The highest BCUT2D eigenvalue weighted by molar-refractivity contribution is 14.0. The minimum atomic E-state index is -0.262. The van der Waals surface area contributed by atoms with Crippen molar-refractivity contribution in [3.05, 3.63) is 23.9 Å². The van der Waals surface area contributed by atoms with Gasteiger partial charge >= 0.3 is 0 Å². The van der Waals surface area contributed by atoms with Gasteiger partial charge in [0, 0.05) is 11.6 Å². The zero-order chi connectivity index (χ0) is 15.4. The van der Waals surface area contributed by atoms with Gasteiger partial charge in [-0.15, -0.1) is 24.0 Å². The molecular weight excluding hydrogens is 379 g/mol. The van der Waals surface area contributed by atoms with E-state index < -0.39 is 0 Å². The molecule has 1 aromatic heterocycles. The highest BCUT2D eigenvalue weighted by Gasteiger charge is 2.13. The van der Waals surface area contributed by atoms with E-state index in [0.717, 1.165) is 5.69 Å². The summed E-state index contributed by atoms with van der Waals surface area (Å²) in [6, 6.07) is 5.66. The average Bonchev–Trinajstić information content (AvgIpc) is 2.22. The predicted molar refractivity (Wildman–Crippen MR) is 98.2 cm³/mol. The van der Waals surface area contributed by atoms with Crippen LogP contribution in [0.25, 0.3) is 0 Å². The molecule has 0 saturated heterocycles. The van der Waals surface area contributed by atoms with Crippen LogP contribution in [0.3, 0.4) is 0 Å². The summed E-state index contributed by atoms with van der Waals surface area (Å²) in [7, 11) is 0. The topological polar surface area (TPSA) is 72.5 Å². The molecule has 21 heavy (non-hydrogen) atoms. The Kier molecular flexibility index (Phi) is 7.43. The Hall–Kier alpha value is -1.05. The molecule has 0 aromatic carbocycles. The third-order valence-electron chi connectivity index (χ3n) is 2.11. The molecule has 120 valence electrons. The molecular formula is C15H27IN4O. The van der Waals surface area contributed by atoms with Crippen LogP contribution in [0.2, 0.25) is 0 Å². The van der Waals surface area contributed by atoms with Crippen molar-refractivity contribution in [2.45, 2.75) is 59.2 Å². The van der Waals surface area contributed by atoms with E-state index in [2.05, 4.69) is 15.3 Å². The second-order valence-corrected chi connectivity index (χ2v) is 6.76. The fourth-order valence-corrected chi connectivity index (χ4v) is 1.51. The van der Waals surface area contributed by atoms with Crippen LogP contribution in [0.4, 0.5) is 0 Å². The molecule has 0 atom stereocenters. The Balaban J connectivity index is 0.00000400. The number of hydrogen-bond acceptors (Lipinski definition) is 3. The fourth-order valence-electron chi connectivity index (χ4n) is 1.51. The number of ether oxygens (including phenoxy) is 1. The Morgan fingerprint density at radius 3 is 2.38 bits per heavy atom. The largest absolute Gasteiger partial charge is 0.472 e. The third kappa shape index (κ3) is 9.49. The van der Waals surface area contributed by atoms with Crippen molar-refractivity contribution in [1.29, 1.82) is 0 Å². The number of nitrogens with two attached hydrogens (primary N) is 1. The number of pyridine rings is 1. The summed E-state index contributed by atoms with van der Waals surface area (Å²) in [6.45, 7) is 12.5. The quantitative estimate of drug-likeness (QED) is 0.460. The highest BCUT2D eigenvalue weighted by Crippen LogP contribution is 2.15. The number of nitrogens with zero attached hydrogens (tertiary/aromatic N) is 2. The maximum atomic E-state index is 5.83. The summed E-state index contributed by atoms with van der Waals surface area (Å²) in [6.07, 6.45) is 0. The number of rotatable bonds is 3. The van der Waals surface area contributed by atoms with Crippen molar-refractivity contribution in [2.24, 2.45) is 10.7 Å². The summed E-state index contributed by atoms with van der Waals surface area (Å²) < 4.78 is 5.72. The van der Waals surface area contributed by atoms with Gasteiger partial charge in [0.15, 0.2) is 5.96 Å². The van der Waals surface area contributed by atoms with Gasteiger partial charge in [-0.2, -0.15) is 0 Å². The van der Waals surface area contributed by atoms with Crippen LogP contribution < -0.4 is 15.8 Å². The molecule has 6 heteroatoms. The second kappa shape index (κ2) is 7.82. The summed E-state index contributed by atoms with van der Waals surface area (Å²) in [5.41, 5.74) is 6.29. The first-order chi connectivity index (χ1) is 9.05. The number of aliphatic imine (C=N–C) groups is 1. The molecule has 0 radical (unpaired) electrons. The molecule has 0 saturated carbocycles. The van der Waals surface area contributed by atoms with Crippen molar-refractivity contribution in [2.75, 3.05) is 0 Å². The molecule has 0 spiro atoms. The number of halogens is 1. The molecule has 1 aromatic rings. The van der Waals surface area contributed by atoms with Crippen LogP contribution in [-0.4, -0.2) is 22.1 Å². The van der Waals surface area contributed by atoms with Crippen LogP contribution in [0, 0.1) is 0 Å². The molecule has 1 heterocycles. The summed E-state index contributed by atoms with van der Waals surface area (Å²) in [5, 5.41) is 3.11. The summed E-state index contributed by atoms with van der Waals surface area (Å²) >= 11 is 0. The minimum absolute atomic E-state index is 0. The van der Waals surface area contributed by atoms with E-state index in [-0.39, 0.29) is 35.1 Å². The normalized spacial score (nSPS) is 12.6. The van der Waals surface area contributed by atoms with Crippen molar-refractivity contribution < 1.29 is 4.74 Å². The molecule has 0 aliphatic heterocycles. The van der Waals surface area contributed by atoms with E-state index in [9.17, 15) is 0 Å². The van der Waals surface area contributed by atoms with Crippen molar-refractivity contribution in [3.8, 4) is 5.88 Å². The molecule has 0 aliphatic carbocycles. The van der Waals surface area contributed by atoms with Gasteiger partial charge in [0.2, 0.25) is 5.88 Å². The molecule has 1 rings (SSSR count). The number of aromatic nitrogens is 1. The monoisotopic (exact) mass is 406 g/mol. The van der Waals surface area contributed by atoms with E-state index in [1.54, 1.807) is 0 Å². The SMILES string of the molecule is CC(C)(C)NC(N)=NCc1cccc(OC(C)(C)C)n1.I. The van der Waals surface area contributed by atoms with Crippen molar-refractivity contribution in [1.82, 2.24) is 10.3 Å².